The third-order valence-electron chi connectivity index (χ3n) is 6.01. The van der Waals surface area contributed by atoms with Crippen molar-refractivity contribution < 1.29 is 17.6 Å². The number of hydrogen-bond donors (Lipinski definition) is 1. The molecule has 0 aliphatic carbocycles. The van der Waals surface area contributed by atoms with Crippen LogP contribution in [0.1, 0.15) is 43.2 Å². The lowest BCUT2D eigenvalue weighted by Gasteiger charge is -2.32. The number of sulfonamides is 1. The number of aryl methyl sites for hydroxylation is 1. The Kier molecular flexibility index (Phi) is 9.28. The van der Waals surface area contributed by atoms with Crippen molar-refractivity contribution in [1.29, 1.82) is 0 Å². The van der Waals surface area contributed by atoms with Gasteiger partial charge in [0, 0.05) is 36.5 Å². The van der Waals surface area contributed by atoms with Crippen molar-refractivity contribution in [2.45, 2.75) is 39.0 Å². The summed E-state index contributed by atoms with van der Waals surface area (Å²) < 4.78 is 33.4. The monoisotopic (exact) mass is 582 g/mol. The van der Waals surface area contributed by atoms with Crippen molar-refractivity contribution in [1.82, 2.24) is 14.7 Å². The zero-order valence-corrected chi connectivity index (χ0v) is 23.5. The van der Waals surface area contributed by atoms with Crippen LogP contribution in [0.3, 0.4) is 0 Å². The third kappa shape index (κ3) is 7.56. The zero-order valence-electron chi connectivity index (χ0n) is 20.3. The van der Waals surface area contributed by atoms with Gasteiger partial charge >= 0.3 is 0 Å². The maximum absolute atomic E-state index is 12.6. The molecule has 1 N–H and O–H groups in total. The minimum Gasteiger partial charge on any atom is -0.441 e. The molecule has 4 rings (SSSR count). The van der Waals surface area contributed by atoms with E-state index in [0.29, 0.717) is 52.6 Å². The van der Waals surface area contributed by atoms with Crippen LogP contribution in [0.5, 0.6) is 0 Å². The van der Waals surface area contributed by atoms with Crippen LogP contribution in [0.2, 0.25) is 9.36 Å². The van der Waals surface area contributed by atoms with Crippen molar-refractivity contribution >= 4 is 62.4 Å². The van der Waals surface area contributed by atoms with Crippen LogP contribution in [-0.2, 0) is 21.2 Å². The van der Waals surface area contributed by atoms with E-state index in [1.54, 1.807) is 36.7 Å². The molecule has 1 aliphatic heterocycles. The number of oxazole rings is 1. The minimum atomic E-state index is -3.78. The van der Waals surface area contributed by atoms with Crippen LogP contribution < -0.4 is 9.62 Å². The molecule has 0 saturated carbocycles. The molecule has 0 atom stereocenters. The summed E-state index contributed by atoms with van der Waals surface area (Å²) >= 11 is 13.8. The number of hydrogen-bond acceptors (Lipinski definition) is 8. The first kappa shape index (κ1) is 27.6. The summed E-state index contributed by atoms with van der Waals surface area (Å²) in [5, 5.41) is 0.468. The standard InChI is InChI=1S/C25H28Cl2N4O4S2/c1-2-3-5-19-16-29-25(35-19)18-14-21(26)23(28-15-18)31-11-9-17(10-12-31)24(32)30-37(33,34)13-4-6-20-7-8-22(27)36-20/h4,6-8,14-17H,2-3,5,9-13H2,1H3,(H,30,32). The number of pyridine rings is 1. The molecule has 1 fully saturated rings. The second-order valence-corrected chi connectivity index (χ2v) is 12.7. The number of anilines is 1. The Labute approximate surface area is 230 Å². The molecule has 0 aromatic carbocycles. The van der Waals surface area contributed by atoms with Gasteiger partial charge in [0.05, 0.1) is 26.9 Å². The van der Waals surface area contributed by atoms with Gasteiger partial charge in [-0.05, 0) is 43.5 Å². The van der Waals surface area contributed by atoms with Gasteiger partial charge in [0.1, 0.15) is 11.6 Å². The highest BCUT2D eigenvalue weighted by Crippen LogP contribution is 2.31. The molecule has 3 aromatic rings. The highest BCUT2D eigenvalue weighted by molar-refractivity contribution is 7.90. The lowest BCUT2D eigenvalue weighted by molar-refractivity contribution is -0.123. The van der Waals surface area contributed by atoms with Gasteiger partial charge in [0.2, 0.25) is 21.8 Å². The maximum Gasteiger partial charge on any atom is 0.238 e. The first-order chi connectivity index (χ1) is 17.7. The predicted molar refractivity (Wildman–Crippen MR) is 149 cm³/mol. The van der Waals surface area contributed by atoms with Crippen molar-refractivity contribution in [3.8, 4) is 11.5 Å². The molecule has 37 heavy (non-hydrogen) atoms. The van der Waals surface area contributed by atoms with Gasteiger partial charge in [-0.15, -0.1) is 11.3 Å². The number of nitrogens with one attached hydrogen (secondary N) is 1. The molecular formula is C25H28Cl2N4O4S2. The highest BCUT2D eigenvalue weighted by Gasteiger charge is 2.29. The lowest BCUT2D eigenvalue weighted by atomic mass is 9.96. The van der Waals surface area contributed by atoms with Crippen molar-refractivity contribution in [3.05, 3.63) is 56.7 Å². The van der Waals surface area contributed by atoms with Crippen LogP contribution in [0.25, 0.3) is 17.5 Å². The van der Waals surface area contributed by atoms with E-state index in [4.69, 9.17) is 27.6 Å². The van der Waals surface area contributed by atoms with Gasteiger partial charge in [0.15, 0.2) is 0 Å². The molecule has 12 heteroatoms. The SMILES string of the molecule is CCCCc1cnc(-c2cnc(N3CCC(C(=O)NS(=O)(=O)CC=Cc4ccc(Cl)s4)CC3)c(Cl)c2)o1. The Bertz CT molecular complexity index is 1360. The fourth-order valence-corrected chi connectivity index (χ4v) is 6.21. The molecule has 0 unspecified atom stereocenters. The van der Waals surface area contributed by atoms with Gasteiger partial charge in [-0.25, -0.2) is 18.4 Å². The number of thiophene rings is 1. The summed E-state index contributed by atoms with van der Waals surface area (Å²) in [6.45, 7) is 3.19. The topological polar surface area (TPSA) is 105 Å². The van der Waals surface area contributed by atoms with Crippen molar-refractivity contribution in [3.63, 3.8) is 0 Å². The van der Waals surface area contributed by atoms with E-state index in [9.17, 15) is 13.2 Å². The van der Waals surface area contributed by atoms with E-state index in [-0.39, 0.29) is 5.75 Å². The summed E-state index contributed by atoms with van der Waals surface area (Å²) in [6.07, 6.45) is 10.5. The summed E-state index contributed by atoms with van der Waals surface area (Å²) in [5.41, 5.74) is 0.701. The van der Waals surface area contributed by atoms with Crippen LogP contribution in [0.4, 0.5) is 5.82 Å². The molecule has 4 heterocycles. The minimum absolute atomic E-state index is 0.288. The average Bonchev–Trinajstić information content (AvgIpc) is 3.51. The number of amides is 1. The molecule has 1 saturated heterocycles. The van der Waals surface area contributed by atoms with E-state index in [2.05, 4.69) is 21.6 Å². The quantitative estimate of drug-likeness (QED) is 0.321. The molecule has 8 nitrogen and oxygen atoms in total. The number of carbonyl (C=O) groups excluding carboxylic acids is 1. The normalized spacial score (nSPS) is 14.9. The second-order valence-electron chi connectivity index (χ2n) is 8.82. The Morgan fingerprint density at radius 3 is 2.70 bits per heavy atom. The molecule has 1 aliphatic rings. The lowest BCUT2D eigenvalue weighted by Crippen LogP contribution is -2.43. The van der Waals surface area contributed by atoms with E-state index in [1.165, 1.54) is 17.4 Å². The number of carbonyl (C=O) groups is 1. The Hall–Kier alpha value is -2.40. The fraction of sp³-hybridized carbons (Fsp3) is 0.400. The van der Waals surface area contributed by atoms with Crippen molar-refractivity contribution in [2.24, 2.45) is 5.92 Å². The predicted octanol–water partition coefficient (Wildman–Crippen LogP) is 5.82. The van der Waals surface area contributed by atoms with Gasteiger partial charge in [0.25, 0.3) is 0 Å². The smallest absolute Gasteiger partial charge is 0.238 e. The van der Waals surface area contributed by atoms with E-state index in [0.717, 1.165) is 29.9 Å². The maximum atomic E-state index is 12.6. The number of halogens is 2. The first-order valence-electron chi connectivity index (χ1n) is 12.1. The van der Waals surface area contributed by atoms with Crippen molar-refractivity contribution in [2.75, 3.05) is 23.7 Å². The molecule has 1 amide bonds. The summed E-state index contributed by atoms with van der Waals surface area (Å²) in [5.74, 6) is 0.764. The van der Waals surface area contributed by atoms with Gasteiger partial charge in [-0.1, -0.05) is 42.6 Å². The van der Waals surface area contributed by atoms with E-state index < -0.39 is 21.8 Å². The number of unbranched alkanes of at least 4 members (excludes halogenated alkanes) is 1. The number of rotatable bonds is 10. The number of aromatic nitrogens is 2. The third-order valence-corrected chi connectivity index (χ3v) is 8.63. The van der Waals surface area contributed by atoms with Gasteiger partial charge in [-0.3, -0.25) is 9.52 Å². The fourth-order valence-electron chi connectivity index (χ4n) is 4.03. The molecule has 0 bridgehead atoms. The van der Waals surface area contributed by atoms with Crippen LogP contribution in [0, 0.1) is 5.92 Å². The van der Waals surface area contributed by atoms with E-state index >= 15 is 0 Å². The van der Waals surface area contributed by atoms with Crippen LogP contribution in [0.15, 0.2) is 41.1 Å². The number of piperidine rings is 1. The van der Waals surface area contributed by atoms with Gasteiger partial charge < -0.3 is 9.32 Å². The highest BCUT2D eigenvalue weighted by atomic mass is 35.5. The zero-order chi connectivity index (χ0) is 26.4. The largest absolute Gasteiger partial charge is 0.441 e. The Morgan fingerprint density at radius 1 is 1.24 bits per heavy atom. The molecule has 198 valence electrons. The Balaban J connectivity index is 1.29. The molecule has 0 radical (unpaired) electrons. The second kappa shape index (κ2) is 12.4. The average molecular weight is 584 g/mol. The first-order valence-corrected chi connectivity index (χ1v) is 15.3. The molecule has 0 spiro atoms. The van der Waals surface area contributed by atoms with Crippen LogP contribution >= 0.6 is 34.5 Å². The summed E-state index contributed by atoms with van der Waals surface area (Å²) in [7, 11) is -3.78. The summed E-state index contributed by atoms with van der Waals surface area (Å²) in [4.78, 5) is 24.3. The molecular weight excluding hydrogens is 555 g/mol. The van der Waals surface area contributed by atoms with E-state index in [1.807, 2.05) is 4.90 Å². The van der Waals surface area contributed by atoms with Crippen LogP contribution in [-0.4, -0.2) is 43.1 Å². The summed E-state index contributed by atoms with van der Waals surface area (Å²) in [6, 6.07) is 5.32. The van der Waals surface area contributed by atoms with Gasteiger partial charge in [-0.2, -0.15) is 0 Å². The number of nitrogens with zero attached hydrogens (tertiary/aromatic N) is 3. The Morgan fingerprint density at radius 2 is 2.03 bits per heavy atom. The molecule has 3 aromatic heterocycles.